The van der Waals surface area contributed by atoms with Crippen molar-refractivity contribution < 1.29 is 23.9 Å². The molecule has 0 radical (unpaired) electrons. The van der Waals surface area contributed by atoms with Crippen LogP contribution >= 0.6 is 0 Å². The normalized spacial score (nSPS) is 11.4. The fourth-order valence-corrected chi connectivity index (χ4v) is 5.47. The molecule has 4 aromatic carbocycles. The number of benzene rings is 4. The number of ketones is 2. The zero-order chi connectivity index (χ0) is 33.3. The predicted molar refractivity (Wildman–Crippen MR) is 189 cm³/mol. The van der Waals surface area contributed by atoms with E-state index in [1.54, 1.807) is 30.3 Å². The van der Waals surface area contributed by atoms with Crippen molar-refractivity contribution in [2.45, 2.75) is 64.3 Å². The zero-order valence-corrected chi connectivity index (χ0v) is 27.5. The van der Waals surface area contributed by atoms with Crippen LogP contribution in [0.2, 0.25) is 0 Å². The van der Waals surface area contributed by atoms with Crippen LogP contribution in [-0.4, -0.2) is 43.8 Å². The van der Waals surface area contributed by atoms with Gasteiger partial charge in [-0.2, -0.15) is 0 Å². The second-order valence-electron chi connectivity index (χ2n) is 11.6. The van der Waals surface area contributed by atoms with Crippen molar-refractivity contribution in [3.63, 3.8) is 0 Å². The average molecular weight is 635 g/mol. The Kier molecular flexibility index (Phi) is 14.1. The Hall–Kier alpha value is -4.91. The molecule has 4 aromatic rings. The maximum Gasteiger partial charge on any atom is 0.328 e. The Morgan fingerprint density at radius 2 is 1.34 bits per heavy atom. The van der Waals surface area contributed by atoms with Crippen LogP contribution in [0.25, 0.3) is 0 Å². The molecular weight excluding hydrogens is 588 g/mol. The van der Waals surface area contributed by atoms with Crippen molar-refractivity contribution in [1.82, 2.24) is 0 Å². The van der Waals surface area contributed by atoms with Crippen molar-refractivity contribution in [3.8, 4) is 5.75 Å². The molecule has 0 amide bonds. The smallest absolute Gasteiger partial charge is 0.328 e. The number of carbonyl (C=O) groups excluding carboxylic acids is 3. The van der Waals surface area contributed by atoms with Crippen LogP contribution in [0.5, 0.6) is 5.75 Å². The number of esters is 1. The largest absolute Gasteiger partial charge is 0.492 e. The minimum absolute atomic E-state index is 0.128. The van der Waals surface area contributed by atoms with Gasteiger partial charge in [0.2, 0.25) is 0 Å². The molecule has 0 aliphatic carbocycles. The van der Waals surface area contributed by atoms with Gasteiger partial charge >= 0.3 is 5.97 Å². The number of rotatable bonds is 20. The summed E-state index contributed by atoms with van der Waals surface area (Å²) in [6, 6.07) is 30.7. The molecule has 0 saturated carbocycles. The molecular formula is C40H46N2O5. The second-order valence-corrected chi connectivity index (χ2v) is 11.6. The number of carbonyl (C=O) groups is 3. The van der Waals surface area contributed by atoms with Gasteiger partial charge in [0, 0.05) is 47.5 Å². The van der Waals surface area contributed by atoms with E-state index in [-0.39, 0.29) is 11.6 Å². The van der Waals surface area contributed by atoms with Crippen LogP contribution < -0.4 is 15.4 Å². The maximum absolute atomic E-state index is 13.2. The lowest BCUT2D eigenvalue weighted by Gasteiger charge is -2.20. The number of ether oxygens (including phenoxy) is 2. The highest BCUT2D eigenvalue weighted by Gasteiger charge is 2.22. The van der Waals surface area contributed by atoms with Crippen molar-refractivity contribution in [3.05, 3.63) is 125 Å². The topological polar surface area (TPSA) is 93.7 Å². The van der Waals surface area contributed by atoms with E-state index in [9.17, 15) is 14.4 Å². The van der Waals surface area contributed by atoms with E-state index in [0.29, 0.717) is 48.6 Å². The molecule has 0 spiro atoms. The molecule has 0 aliphatic heterocycles. The molecule has 47 heavy (non-hydrogen) atoms. The first-order chi connectivity index (χ1) is 23.0. The Labute approximate surface area is 278 Å². The summed E-state index contributed by atoms with van der Waals surface area (Å²) >= 11 is 0. The summed E-state index contributed by atoms with van der Waals surface area (Å²) in [6.45, 7) is 3.16. The lowest BCUT2D eigenvalue weighted by molar-refractivity contribution is -0.141. The second kappa shape index (κ2) is 18.9. The van der Waals surface area contributed by atoms with Gasteiger partial charge in [-0.3, -0.25) is 9.59 Å². The van der Waals surface area contributed by atoms with E-state index < -0.39 is 12.0 Å². The van der Waals surface area contributed by atoms with E-state index in [2.05, 4.69) is 17.6 Å². The lowest BCUT2D eigenvalue weighted by atomic mass is 10.00. The highest BCUT2D eigenvalue weighted by molar-refractivity contribution is 6.12. The van der Waals surface area contributed by atoms with Gasteiger partial charge in [-0.25, -0.2) is 4.79 Å². The van der Waals surface area contributed by atoms with Crippen LogP contribution in [0, 0.1) is 0 Å². The highest BCUT2D eigenvalue weighted by atomic mass is 16.5. The van der Waals surface area contributed by atoms with E-state index >= 15 is 0 Å². The van der Waals surface area contributed by atoms with Gasteiger partial charge in [0.15, 0.2) is 11.6 Å². The molecule has 4 rings (SSSR count). The van der Waals surface area contributed by atoms with E-state index in [1.165, 1.54) is 32.8 Å². The minimum atomic E-state index is -0.704. The quantitative estimate of drug-likeness (QED) is 0.0572. The van der Waals surface area contributed by atoms with Crippen molar-refractivity contribution in [2.75, 3.05) is 30.9 Å². The molecule has 1 unspecified atom stereocenters. The Morgan fingerprint density at radius 3 is 2.06 bits per heavy atom. The number of Topliss-reactive ketones (excluding diaryl/α,β-unsaturated/α-hetero) is 1. The molecule has 0 bridgehead atoms. The fraction of sp³-hybridized carbons (Fsp3) is 0.325. The first-order valence-electron chi connectivity index (χ1n) is 16.6. The van der Waals surface area contributed by atoms with E-state index in [1.807, 2.05) is 72.8 Å². The predicted octanol–water partition coefficient (Wildman–Crippen LogP) is 8.54. The third-order valence-electron chi connectivity index (χ3n) is 8.06. The number of nitrogens with one attached hydrogen (secondary N) is 2. The number of para-hydroxylation sites is 2. The van der Waals surface area contributed by atoms with Crippen LogP contribution in [0.4, 0.5) is 11.4 Å². The summed E-state index contributed by atoms with van der Waals surface area (Å²) in [5, 5.41) is 6.60. The van der Waals surface area contributed by atoms with Gasteiger partial charge in [-0.15, -0.1) is 0 Å². The molecule has 0 aromatic heterocycles. The summed E-state index contributed by atoms with van der Waals surface area (Å²) in [7, 11) is 1.35. The number of hydrogen-bond acceptors (Lipinski definition) is 7. The Bertz CT molecular complexity index is 1570. The zero-order valence-electron chi connectivity index (χ0n) is 27.5. The average Bonchev–Trinajstić information content (AvgIpc) is 3.12. The molecule has 7 nitrogen and oxygen atoms in total. The van der Waals surface area contributed by atoms with E-state index in [0.717, 1.165) is 29.7 Å². The molecule has 7 heteroatoms. The van der Waals surface area contributed by atoms with Gasteiger partial charge < -0.3 is 20.1 Å². The number of methoxy groups -OCH3 is 1. The van der Waals surface area contributed by atoms with Gasteiger partial charge in [0.1, 0.15) is 18.4 Å². The van der Waals surface area contributed by atoms with Crippen LogP contribution in [-0.2, 0) is 16.0 Å². The summed E-state index contributed by atoms with van der Waals surface area (Å²) in [6.07, 6.45) is 7.85. The molecule has 246 valence electrons. The van der Waals surface area contributed by atoms with Crippen LogP contribution in [0.1, 0.15) is 83.7 Å². The molecule has 0 aliphatic rings. The summed E-state index contributed by atoms with van der Waals surface area (Å²) in [4.78, 5) is 38.8. The molecule has 0 saturated heterocycles. The molecule has 2 N–H and O–H groups in total. The Morgan fingerprint density at radius 1 is 0.702 bits per heavy atom. The molecule has 0 fully saturated rings. The number of anilines is 2. The summed E-state index contributed by atoms with van der Waals surface area (Å²) in [5.41, 5.74) is 4.08. The first-order valence-corrected chi connectivity index (χ1v) is 16.6. The fourth-order valence-electron chi connectivity index (χ4n) is 5.47. The highest BCUT2D eigenvalue weighted by Crippen LogP contribution is 2.23. The van der Waals surface area contributed by atoms with E-state index in [4.69, 9.17) is 9.47 Å². The number of hydrogen-bond donors (Lipinski definition) is 2. The van der Waals surface area contributed by atoms with Gasteiger partial charge in [0.05, 0.1) is 7.11 Å². The van der Waals surface area contributed by atoms with Gasteiger partial charge in [-0.05, 0) is 48.4 Å². The number of unbranched alkanes of at least 4 members (excludes halogenated alkanes) is 5. The third kappa shape index (κ3) is 10.8. The summed E-state index contributed by atoms with van der Waals surface area (Å²) < 4.78 is 11.0. The van der Waals surface area contributed by atoms with Gasteiger partial charge in [0.25, 0.3) is 0 Å². The van der Waals surface area contributed by atoms with Crippen LogP contribution in [0.3, 0.4) is 0 Å². The minimum Gasteiger partial charge on any atom is -0.492 e. The molecule has 0 heterocycles. The van der Waals surface area contributed by atoms with Crippen molar-refractivity contribution >= 4 is 28.9 Å². The van der Waals surface area contributed by atoms with Gasteiger partial charge in [-0.1, -0.05) is 106 Å². The first kappa shape index (κ1) is 35.0. The summed E-state index contributed by atoms with van der Waals surface area (Å²) in [5.74, 6) is 0.316. The van der Waals surface area contributed by atoms with Crippen molar-refractivity contribution in [2.24, 2.45) is 0 Å². The maximum atomic E-state index is 13.2. The molecule has 1 atom stereocenters. The Balaban J connectivity index is 1.29. The van der Waals surface area contributed by atoms with Crippen molar-refractivity contribution in [1.29, 1.82) is 0 Å². The lowest BCUT2D eigenvalue weighted by Crippen LogP contribution is -2.33. The third-order valence-corrected chi connectivity index (χ3v) is 8.06. The SMILES string of the molecule is CCCCCCCCC(=O)c1ccccc1NCCOc1ccc(CC(Nc2ccccc2C(=O)c2ccccc2)C(=O)OC)cc1. The monoisotopic (exact) mass is 634 g/mol. The van der Waals surface area contributed by atoms with Crippen LogP contribution in [0.15, 0.2) is 103 Å². The standard InChI is InChI=1S/C40H46N2O5/c1-3-4-5-6-7-11-22-38(43)33-18-12-14-20-35(33)41-27-28-47-32-25-23-30(24-26-32)29-37(40(45)46-2)42-36-21-15-13-19-34(36)39(44)31-16-9-8-10-17-31/h8-10,12-21,23-26,37,41-42H,3-7,11,22,27-29H2,1-2H3.